The van der Waals surface area contributed by atoms with Gasteiger partial charge >= 0.3 is 0 Å². The lowest BCUT2D eigenvalue weighted by Crippen LogP contribution is -2.48. The molecule has 2 aliphatic heterocycles. The average Bonchev–Trinajstić information content (AvgIpc) is 2.47. The molecule has 2 aliphatic rings. The Balaban J connectivity index is 1.79. The maximum Gasteiger partial charge on any atom is 0.236 e. The molecule has 4 nitrogen and oxygen atoms in total. The topological polar surface area (TPSA) is 35.6 Å². The molecule has 0 aromatic rings. The highest BCUT2D eigenvalue weighted by Gasteiger charge is 2.26. The van der Waals surface area contributed by atoms with Crippen LogP contribution in [0.3, 0.4) is 0 Å². The van der Waals surface area contributed by atoms with Crippen LogP contribution in [0.15, 0.2) is 0 Å². The monoisotopic (exact) mass is 267 g/mol. The van der Waals surface area contributed by atoms with Crippen molar-refractivity contribution >= 4 is 5.91 Å². The van der Waals surface area contributed by atoms with E-state index < -0.39 is 0 Å². The fraction of sp³-hybridized carbons (Fsp3) is 0.933. The molecule has 0 saturated carbocycles. The zero-order chi connectivity index (χ0) is 13.7. The van der Waals surface area contributed by atoms with Crippen LogP contribution >= 0.6 is 0 Å². The van der Waals surface area contributed by atoms with Gasteiger partial charge in [0.2, 0.25) is 5.91 Å². The number of nitrogens with one attached hydrogen (secondary N) is 1. The predicted octanol–water partition coefficient (Wildman–Crippen LogP) is 1.32. The van der Waals surface area contributed by atoms with Crippen molar-refractivity contribution < 1.29 is 4.79 Å². The SMILES string of the molecule is CNC(C)C1CCCN(CC(=O)N2CCCCC2)C1. The molecule has 0 bridgehead atoms. The molecule has 2 fully saturated rings. The van der Waals surface area contributed by atoms with Crippen LogP contribution in [0.5, 0.6) is 0 Å². The minimum Gasteiger partial charge on any atom is -0.342 e. The Hall–Kier alpha value is -0.610. The van der Waals surface area contributed by atoms with E-state index >= 15 is 0 Å². The Morgan fingerprint density at radius 2 is 1.95 bits per heavy atom. The Morgan fingerprint density at radius 3 is 2.63 bits per heavy atom. The second-order valence-electron chi connectivity index (χ2n) is 6.16. The lowest BCUT2D eigenvalue weighted by Gasteiger charge is -2.36. The summed E-state index contributed by atoms with van der Waals surface area (Å²) in [6.45, 7) is 6.99. The molecule has 0 aromatic heterocycles. The summed E-state index contributed by atoms with van der Waals surface area (Å²) in [4.78, 5) is 16.7. The molecular weight excluding hydrogens is 238 g/mol. The lowest BCUT2D eigenvalue weighted by molar-refractivity contribution is -0.133. The molecule has 2 saturated heterocycles. The normalized spacial score (nSPS) is 27.3. The first kappa shape index (κ1) is 14.8. The second-order valence-corrected chi connectivity index (χ2v) is 6.16. The Labute approximate surface area is 117 Å². The van der Waals surface area contributed by atoms with Gasteiger partial charge in [-0.2, -0.15) is 0 Å². The van der Waals surface area contributed by atoms with Gasteiger partial charge in [0.1, 0.15) is 0 Å². The zero-order valence-electron chi connectivity index (χ0n) is 12.5. The van der Waals surface area contributed by atoms with Crippen molar-refractivity contribution in [1.82, 2.24) is 15.1 Å². The summed E-state index contributed by atoms with van der Waals surface area (Å²) >= 11 is 0. The van der Waals surface area contributed by atoms with Crippen molar-refractivity contribution in [3.8, 4) is 0 Å². The molecule has 0 spiro atoms. The largest absolute Gasteiger partial charge is 0.342 e. The summed E-state index contributed by atoms with van der Waals surface area (Å²) in [5, 5.41) is 3.35. The van der Waals surface area contributed by atoms with Gasteiger partial charge in [-0.05, 0) is 58.5 Å². The van der Waals surface area contributed by atoms with Crippen LogP contribution in [0.2, 0.25) is 0 Å². The molecule has 2 heterocycles. The smallest absolute Gasteiger partial charge is 0.236 e. The van der Waals surface area contributed by atoms with Gasteiger partial charge in [0.25, 0.3) is 0 Å². The molecule has 1 N–H and O–H groups in total. The highest BCUT2D eigenvalue weighted by Crippen LogP contribution is 2.20. The maximum atomic E-state index is 12.3. The van der Waals surface area contributed by atoms with Gasteiger partial charge in [0, 0.05) is 25.7 Å². The van der Waals surface area contributed by atoms with E-state index in [0.29, 0.717) is 24.4 Å². The summed E-state index contributed by atoms with van der Waals surface area (Å²) < 4.78 is 0. The molecule has 19 heavy (non-hydrogen) atoms. The van der Waals surface area contributed by atoms with Gasteiger partial charge in [-0.1, -0.05) is 0 Å². The summed E-state index contributed by atoms with van der Waals surface area (Å²) in [5.74, 6) is 1.03. The van der Waals surface area contributed by atoms with E-state index in [2.05, 4.69) is 22.0 Å². The molecule has 1 amide bonds. The minimum atomic E-state index is 0.345. The number of carbonyl (C=O) groups excluding carboxylic acids is 1. The third-order valence-corrected chi connectivity index (χ3v) is 4.77. The predicted molar refractivity (Wildman–Crippen MR) is 78.1 cm³/mol. The molecule has 0 aromatic carbocycles. The Bertz CT molecular complexity index is 289. The average molecular weight is 267 g/mol. The lowest BCUT2D eigenvalue weighted by atomic mass is 9.91. The summed E-state index contributed by atoms with van der Waals surface area (Å²) in [5.41, 5.74) is 0. The number of hydrogen-bond donors (Lipinski definition) is 1. The van der Waals surface area contributed by atoms with E-state index in [1.54, 1.807) is 0 Å². The van der Waals surface area contributed by atoms with Gasteiger partial charge in [-0.15, -0.1) is 0 Å². The van der Waals surface area contributed by atoms with Crippen LogP contribution in [-0.4, -0.2) is 61.5 Å². The highest BCUT2D eigenvalue weighted by atomic mass is 16.2. The van der Waals surface area contributed by atoms with Crippen LogP contribution < -0.4 is 5.32 Å². The van der Waals surface area contributed by atoms with Crippen molar-refractivity contribution in [2.45, 2.75) is 45.1 Å². The van der Waals surface area contributed by atoms with Crippen LogP contribution in [0.4, 0.5) is 0 Å². The van der Waals surface area contributed by atoms with E-state index in [9.17, 15) is 4.79 Å². The fourth-order valence-electron chi connectivity index (χ4n) is 3.31. The standard InChI is InChI=1S/C15H29N3O/c1-13(16-2)14-7-6-8-17(11-14)12-15(19)18-9-4-3-5-10-18/h13-14,16H,3-12H2,1-2H3. The summed E-state index contributed by atoms with van der Waals surface area (Å²) in [7, 11) is 2.03. The van der Waals surface area contributed by atoms with E-state index in [0.717, 1.165) is 26.2 Å². The quantitative estimate of drug-likeness (QED) is 0.834. The molecule has 110 valence electrons. The van der Waals surface area contributed by atoms with Crippen molar-refractivity contribution in [2.24, 2.45) is 5.92 Å². The van der Waals surface area contributed by atoms with Crippen molar-refractivity contribution in [3.05, 3.63) is 0 Å². The number of hydrogen-bond acceptors (Lipinski definition) is 3. The second kappa shape index (κ2) is 7.25. The molecular formula is C15H29N3O. The van der Waals surface area contributed by atoms with Gasteiger partial charge in [-0.3, -0.25) is 9.69 Å². The van der Waals surface area contributed by atoms with Crippen LogP contribution in [0.25, 0.3) is 0 Å². The minimum absolute atomic E-state index is 0.345. The number of amides is 1. The number of rotatable bonds is 4. The maximum absolute atomic E-state index is 12.3. The molecule has 2 unspecified atom stereocenters. The molecule has 0 radical (unpaired) electrons. The number of carbonyl (C=O) groups is 1. The third-order valence-electron chi connectivity index (χ3n) is 4.77. The number of piperidine rings is 2. The molecule has 4 heteroatoms. The third kappa shape index (κ3) is 4.18. The first-order valence-electron chi connectivity index (χ1n) is 7.88. The Morgan fingerprint density at radius 1 is 1.21 bits per heavy atom. The Kier molecular flexibility index (Phi) is 5.64. The first-order chi connectivity index (χ1) is 9.20. The van der Waals surface area contributed by atoms with Crippen molar-refractivity contribution in [2.75, 3.05) is 39.8 Å². The van der Waals surface area contributed by atoms with Gasteiger partial charge in [0.05, 0.1) is 6.54 Å². The molecule has 0 aliphatic carbocycles. The van der Waals surface area contributed by atoms with E-state index in [1.807, 2.05) is 7.05 Å². The van der Waals surface area contributed by atoms with Crippen LogP contribution in [0, 0.1) is 5.92 Å². The molecule has 2 rings (SSSR count). The van der Waals surface area contributed by atoms with Crippen LogP contribution in [-0.2, 0) is 4.79 Å². The van der Waals surface area contributed by atoms with Gasteiger partial charge < -0.3 is 10.2 Å². The fourth-order valence-corrected chi connectivity index (χ4v) is 3.31. The van der Waals surface area contributed by atoms with E-state index in [-0.39, 0.29) is 0 Å². The van der Waals surface area contributed by atoms with Gasteiger partial charge in [-0.25, -0.2) is 0 Å². The summed E-state index contributed by atoms with van der Waals surface area (Å²) in [6.07, 6.45) is 6.17. The van der Waals surface area contributed by atoms with Crippen LogP contribution in [0.1, 0.15) is 39.0 Å². The molecule has 2 atom stereocenters. The van der Waals surface area contributed by atoms with Crippen molar-refractivity contribution in [1.29, 1.82) is 0 Å². The highest BCUT2D eigenvalue weighted by molar-refractivity contribution is 5.78. The van der Waals surface area contributed by atoms with Crippen molar-refractivity contribution in [3.63, 3.8) is 0 Å². The van der Waals surface area contributed by atoms with Gasteiger partial charge in [0.15, 0.2) is 0 Å². The van der Waals surface area contributed by atoms with E-state index in [4.69, 9.17) is 0 Å². The number of nitrogens with zero attached hydrogens (tertiary/aromatic N) is 2. The zero-order valence-corrected chi connectivity index (χ0v) is 12.5. The first-order valence-corrected chi connectivity index (χ1v) is 7.88. The number of likely N-dealkylation sites (tertiary alicyclic amines) is 2. The van der Waals surface area contributed by atoms with E-state index in [1.165, 1.54) is 32.1 Å². The summed E-state index contributed by atoms with van der Waals surface area (Å²) in [6, 6.07) is 0.549.